The van der Waals surface area contributed by atoms with Crippen LogP contribution in [-0.2, 0) is 16.1 Å². The van der Waals surface area contributed by atoms with Gasteiger partial charge < -0.3 is 4.74 Å². The molecular weight excluding hydrogens is 390 g/mol. The van der Waals surface area contributed by atoms with E-state index < -0.39 is 23.4 Å². The van der Waals surface area contributed by atoms with Gasteiger partial charge in [-0.05, 0) is 17.7 Å². The van der Waals surface area contributed by atoms with E-state index >= 15 is 0 Å². The molecule has 25 heavy (non-hydrogen) atoms. The molecule has 0 fully saturated rings. The largest absolute Gasteiger partial charge is 0.460 e. The third-order valence-corrected chi connectivity index (χ3v) is 4.05. The molecule has 2 aromatic rings. The third kappa shape index (κ3) is 6.11. The molecule has 2 aromatic carbocycles. The summed E-state index contributed by atoms with van der Waals surface area (Å²) < 4.78 is 5.96. The molecule has 7 heteroatoms. The molecule has 0 aliphatic rings. The summed E-state index contributed by atoms with van der Waals surface area (Å²) in [7, 11) is 0. The Labute approximate surface area is 153 Å². The Morgan fingerprint density at radius 2 is 1.72 bits per heavy atom. The highest BCUT2D eigenvalue weighted by Gasteiger charge is 2.29. The van der Waals surface area contributed by atoms with Crippen molar-refractivity contribution in [3.8, 4) is 0 Å². The molecule has 0 aliphatic carbocycles. The molecule has 130 valence electrons. The van der Waals surface area contributed by atoms with Gasteiger partial charge in [0, 0.05) is 21.4 Å². The van der Waals surface area contributed by atoms with Gasteiger partial charge in [-0.3, -0.25) is 19.7 Å². The van der Waals surface area contributed by atoms with Crippen molar-refractivity contribution < 1.29 is 19.2 Å². The maximum atomic E-state index is 12.3. The molecule has 0 aromatic heterocycles. The minimum Gasteiger partial charge on any atom is -0.460 e. The fraction of sp³-hybridized carbons (Fsp3) is 0.222. The molecule has 1 atom stereocenters. The van der Waals surface area contributed by atoms with Crippen LogP contribution in [0.4, 0.5) is 0 Å². The van der Waals surface area contributed by atoms with Gasteiger partial charge in [0.05, 0.1) is 0 Å². The third-order valence-electron chi connectivity index (χ3n) is 3.52. The number of nitrogens with zero attached hydrogens (tertiary/aromatic N) is 1. The number of hydrogen-bond donors (Lipinski definition) is 0. The van der Waals surface area contributed by atoms with Gasteiger partial charge in [-0.1, -0.05) is 58.4 Å². The van der Waals surface area contributed by atoms with Gasteiger partial charge in [-0.15, -0.1) is 0 Å². The molecule has 0 saturated carbocycles. The van der Waals surface area contributed by atoms with Crippen molar-refractivity contribution in [3.63, 3.8) is 0 Å². The summed E-state index contributed by atoms with van der Waals surface area (Å²) in [6, 6.07) is 15.6. The standard InChI is InChI=1S/C18H16BrNO5/c19-16-8-6-14(7-9-16)17(21)10-15(11-20(23)24)18(22)25-12-13-4-2-1-3-5-13/h1-9,15H,10-12H2/t15-/m1/s1. The normalized spacial score (nSPS) is 11.6. The molecule has 0 heterocycles. The van der Waals surface area contributed by atoms with Gasteiger partial charge in [-0.2, -0.15) is 0 Å². The lowest BCUT2D eigenvalue weighted by molar-refractivity contribution is -0.485. The van der Waals surface area contributed by atoms with Gasteiger partial charge in [0.1, 0.15) is 12.5 Å². The van der Waals surface area contributed by atoms with E-state index in [0.29, 0.717) is 5.56 Å². The minimum atomic E-state index is -1.12. The van der Waals surface area contributed by atoms with Crippen molar-refractivity contribution in [2.75, 3.05) is 6.54 Å². The highest BCUT2D eigenvalue weighted by Crippen LogP contribution is 2.16. The van der Waals surface area contributed by atoms with Crippen molar-refractivity contribution in [3.05, 3.63) is 80.3 Å². The zero-order valence-corrected chi connectivity index (χ0v) is 14.8. The van der Waals surface area contributed by atoms with E-state index in [-0.39, 0.29) is 18.8 Å². The molecule has 2 rings (SSSR count). The van der Waals surface area contributed by atoms with E-state index in [0.717, 1.165) is 10.0 Å². The summed E-state index contributed by atoms with van der Waals surface area (Å²) >= 11 is 3.27. The molecule has 0 N–H and O–H groups in total. The number of Topliss-reactive ketones (excluding diaryl/α,β-unsaturated/α-hetero) is 1. The predicted octanol–water partition coefficient (Wildman–Crippen LogP) is 3.66. The molecule has 0 amide bonds. The topological polar surface area (TPSA) is 86.5 Å². The number of halogens is 1. The molecule has 0 radical (unpaired) electrons. The molecular formula is C18H16BrNO5. The van der Waals surface area contributed by atoms with Crippen LogP contribution in [0.15, 0.2) is 59.1 Å². The first-order valence-corrected chi connectivity index (χ1v) is 8.36. The molecule has 6 nitrogen and oxygen atoms in total. The van der Waals surface area contributed by atoms with Crippen LogP contribution in [0.25, 0.3) is 0 Å². The average Bonchev–Trinajstić information content (AvgIpc) is 2.60. The highest BCUT2D eigenvalue weighted by molar-refractivity contribution is 9.10. The zero-order chi connectivity index (χ0) is 18.2. The van der Waals surface area contributed by atoms with Crippen LogP contribution in [0, 0.1) is 16.0 Å². The Hall–Kier alpha value is -2.54. The first kappa shape index (κ1) is 18.8. The second-order valence-corrected chi connectivity index (χ2v) is 6.36. The van der Waals surface area contributed by atoms with E-state index in [9.17, 15) is 19.7 Å². The number of ether oxygens (including phenoxy) is 1. The van der Waals surface area contributed by atoms with Crippen LogP contribution in [-0.4, -0.2) is 23.2 Å². The van der Waals surface area contributed by atoms with Crippen molar-refractivity contribution >= 4 is 27.7 Å². The zero-order valence-electron chi connectivity index (χ0n) is 13.3. The smallest absolute Gasteiger partial charge is 0.316 e. The van der Waals surface area contributed by atoms with Gasteiger partial charge in [-0.25, -0.2) is 0 Å². The Morgan fingerprint density at radius 3 is 2.32 bits per heavy atom. The fourth-order valence-corrected chi connectivity index (χ4v) is 2.49. The van der Waals surface area contributed by atoms with Crippen LogP contribution < -0.4 is 0 Å². The number of ketones is 1. The molecule has 0 spiro atoms. The number of carbonyl (C=O) groups is 2. The van der Waals surface area contributed by atoms with Crippen molar-refractivity contribution in [2.24, 2.45) is 5.92 Å². The Morgan fingerprint density at radius 1 is 1.08 bits per heavy atom. The van der Waals surface area contributed by atoms with E-state index in [1.165, 1.54) is 0 Å². The van der Waals surface area contributed by atoms with E-state index in [4.69, 9.17) is 4.74 Å². The van der Waals surface area contributed by atoms with Crippen molar-refractivity contribution in [1.29, 1.82) is 0 Å². The van der Waals surface area contributed by atoms with Crippen LogP contribution >= 0.6 is 15.9 Å². The van der Waals surface area contributed by atoms with Crippen LogP contribution in [0.2, 0.25) is 0 Å². The molecule has 0 bridgehead atoms. The number of rotatable bonds is 8. The van der Waals surface area contributed by atoms with Gasteiger partial charge in [0.25, 0.3) is 0 Å². The van der Waals surface area contributed by atoms with Gasteiger partial charge >= 0.3 is 5.97 Å². The predicted molar refractivity (Wildman–Crippen MR) is 94.7 cm³/mol. The summed E-state index contributed by atoms with van der Waals surface area (Å²) in [4.78, 5) is 34.7. The second-order valence-electron chi connectivity index (χ2n) is 5.44. The van der Waals surface area contributed by atoms with Crippen molar-refractivity contribution in [2.45, 2.75) is 13.0 Å². The maximum absolute atomic E-state index is 12.3. The Kier molecular flexibility index (Phi) is 6.82. The fourth-order valence-electron chi connectivity index (χ4n) is 2.23. The summed E-state index contributed by atoms with van der Waals surface area (Å²) in [6.07, 6.45) is -0.268. The summed E-state index contributed by atoms with van der Waals surface area (Å²) in [5.41, 5.74) is 1.17. The number of carbonyl (C=O) groups excluding carboxylic acids is 2. The minimum absolute atomic E-state index is 0.0142. The lowest BCUT2D eigenvalue weighted by Gasteiger charge is -2.12. The van der Waals surface area contributed by atoms with E-state index in [2.05, 4.69) is 15.9 Å². The SMILES string of the molecule is O=C(C[C@H](C[N+](=O)[O-])C(=O)OCc1ccccc1)c1ccc(Br)cc1. The summed E-state index contributed by atoms with van der Waals surface area (Å²) in [5.74, 6) is -2.20. The monoisotopic (exact) mass is 405 g/mol. The highest BCUT2D eigenvalue weighted by atomic mass is 79.9. The molecule has 0 unspecified atom stereocenters. The molecule has 0 saturated heterocycles. The van der Waals surface area contributed by atoms with Crippen LogP contribution in [0.1, 0.15) is 22.3 Å². The van der Waals surface area contributed by atoms with Crippen LogP contribution in [0.5, 0.6) is 0 Å². The van der Waals surface area contributed by atoms with Gasteiger partial charge in [0.2, 0.25) is 6.54 Å². The first-order valence-electron chi connectivity index (χ1n) is 7.57. The van der Waals surface area contributed by atoms with Gasteiger partial charge in [0.15, 0.2) is 5.78 Å². The number of benzene rings is 2. The summed E-state index contributed by atoms with van der Waals surface area (Å²) in [5, 5.41) is 10.8. The van der Waals surface area contributed by atoms with Crippen LogP contribution in [0.3, 0.4) is 0 Å². The number of hydrogen-bond acceptors (Lipinski definition) is 5. The molecule has 0 aliphatic heterocycles. The number of esters is 1. The first-order chi connectivity index (χ1) is 12.0. The summed E-state index contributed by atoms with van der Waals surface area (Å²) in [6.45, 7) is -0.629. The lowest BCUT2D eigenvalue weighted by atomic mass is 9.98. The Balaban J connectivity index is 2.01. The van der Waals surface area contributed by atoms with E-state index in [1.54, 1.807) is 48.5 Å². The number of nitro groups is 1. The van der Waals surface area contributed by atoms with Crippen molar-refractivity contribution in [1.82, 2.24) is 0 Å². The van der Waals surface area contributed by atoms with E-state index in [1.807, 2.05) is 6.07 Å². The maximum Gasteiger partial charge on any atom is 0.316 e. The quantitative estimate of drug-likeness (QED) is 0.289. The lowest BCUT2D eigenvalue weighted by Crippen LogP contribution is -2.27. The second kappa shape index (κ2) is 9.08. The Bertz CT molecular complexity index is 746. The average molecular weight is 406 g/mol.